The number of hydrogen-bond acceptors (Lipinski definition) is 3. The van der Waals surface area contributed by atoms with Crippen LogP contribution in [0.15, 0.2) is 46.9 Å². The SMILES string of the molecule is Nc1cccc(Br)c1CN1C(=O)COc2ccccc21. The lowest BCUT2D eigenvalue weighted by atomic mass is 10.1. The van der Waals surface area contributed by atoms with E-state index in [9.17, 15) is 4.79 Å². The van der Waals surface area contributed by atoms with Crippen molar-refractivity contribution in [2.24, 2.45) is 0 Å². The number of fused-ring (bicyclic) bond motifs is 1. The summed E-state index contributed by atoms with van der Waals surface area (Å²) in [4.78, 5) is 13.8. The third-order valence-corrected chi connectivity index (χ3v) is 4.02. The normalized spacial score (nSPS) is 13.8. The summed E-state index contributed by atoms with van der Waals surface area (Å²) in [6.45, 7) is 0.480. The van der Waals surface area contributed by atoms with Crippen molar-refractivity contribution in [2.45, 2.75) is 6.54 Å². The number of benzene rings is 2. The van der Waals surface area contributed by atoms with E-state index in [1.165, 1.54) is 0 Å². The van der Waals surface area contributed by atoms with Gasteiger partial charge < -0.3 is 15.4 Å². The number of anilines is 2. The molecule has 0 atom stereocenters. The quantitative estimate of drug-likeness (QED) is 0.860. The third kappa shape index (κ3) is 2.25. The summed E-state index contributed by atoms with van der Waals surface area (Å²) in [5, 5.41) is 0. The summed E-state index contributed by atoms with van der Waals surface area (Å²) in [5.41, 5.74) is 8.35. The first-order valence-electron chi connectivity index (χ1n) is 6.22. The molecule has 5 heteroatoms. The number of halogens is 1. The fourth-order valence-electron chi connectivity index (χ4n) is 2.23. The Morgan fingerprint density at radius 1 is 1.20 bits per heavy atom. The minimum Gasteiger partial charge on any atom is -0.482 e. The van der Waals surface area contributed by atoms with Gasteiger partial charge in [-0.1, -0.05) is 34.1 Å². The molecule has 0 saturated heterocycles. The molecule has 0 saturated carbocycles. The van der Waals surface area contributed by atoms with Gasteiger partial charge in [-0.3, -0.25) is 4.79 Å². The van der Waals surface area contributed by atoms with Crippen LogP contribution in [-0.4, -0.2) is 12.5 Å². The second-order valence-corrected chi connectivity index (χ2v) is 5.40. The number of carbonyl (C=O) groups excluding carboxylic acids is 1. The van der Waals surface area contributed by atoms with Crippen LogP contribution < -0.4 is 15.4 Å². The van der Waals surface area contributed by atoms with Crippen molar-refractivity contribution in [3.63, 3.8) is 0 Å². The molecule has 20 heavy (non-hydrogen) atoms. The van der Waals surface area contributed by atoms with Gasteiger partial charge in [0.2, 0.25) is 0 Å². The van der Waals surface area contributed by atoms with Gasteiger partial charge in [0, 0.05) is 15.7 Å². The number of nitrogens with zero attached hydrogens (tertiary/aromatic N) is 1. The predicted octanol–water partition coefficient (Wildman–Crippen LogP) is 2.96. The smallest absolute Gasteiger partial charge is 0.265 e. The van der Waals surface area contributed by atoms with Crippen molar-refractivity contribution in [1.29, 1.82) is 0 Å². The molecule has 2 N–H and O–H groups in total. The topological polar surface area (TPSA) is 55.6 Å². The van der Waals surface area contributed by atoms with E-state index in [-0.39, 0.29) is 12.5 Å². The van der Waals surface area contributed by atoms with E-state index in [0.717, 1.165) is 21.5 Å². The summed E-state index contributed by atoms with van der Waals surface area (Å²) in [5.74, 6) is 0.650. The van der Waals surface area contributed by atoms with Gasteiger partial charge in [0.05, 0.1) is 12.2 Å². The standard InChI is InChI=1S/C15H13BrN2O2/c16-11-4-3-5-12(17)10(11)8-18-13-6-1-2-7-14(13)20-9-15(18)19/h1-7H,8-9,17H2. The van der Waals surface area contributed by atoms with Crippen molar-refractivity contribution in [1.82, 2.24) is 0 Å². The molecule has 0 aliphatic carbocycles. The van der Waals surface area contributed by atoms with Crippen molar-refractivity contribution in [3.8, 4) is 5.75 Å². The van der Waals surface area contributed by atoms with Crippen molar-refractivity contribution < 1.29 is 9.53 Å². The van der Waals surface area contributed by atoms with Crippen LogP contribution in [0.4, 0.5) is 11.4 Å². The van der Waals surface area contributed by atoms with Crippen LogP contribution in [0.5, 0.6) is 5.75 Å². The fraction of sp³-hybridized carbons (Fsp3) is 0.133. The highest BCUT2D eigenvalue weighted by Crippen LogP contribution is 2.34. The Bertz CT molecular complexity index is 652. The van der Waals surface area contributed by atoms with Crippen molar-refractivity contribution in [2.75, 3.05) is 17.2 Å². The predicted molar refractivity (Wildman–Crippen MR) is 81.7 cm³/mol. The lowest BCUT2D eigenvalue weighted by Crippen LogP contribution is -2.38. The molecule has 2 aromatic carbocycles. The molecule has 1 amide bonds. The average molecular weight is 333 g/mol. The average Bonchev–Trinajstić information content (AvgIpc) is 2.45. The highest BCUT2D eigenvalue weighted by Gasteiger charge is 2.26. The molecule has 1 aliphatic rings. The Kier molecular flexibility index (Phi) is 3.36. The van der Waals surface area contributed by atoms with Gasteiger partial charge in [-0.25, -0.2) is 0 Å². The molecule has 2 aromatic rings. The van der Waals surface area contributed by atoms with Gasteiger partial charge in [-0.2, -0.15) is 0 Å². The van der Waals surface area contributed by atoms with Gasteiger partial charge in [-0.05, 0) is 24.3 Å². The van der Waals surface area contributed by atoms with Gasteiger partial charge in [0.15, 0.2) is 6.61 Å². The van der Waals surface area contributed by atoms with Crippen LogP contribution >= 0.6 is 15.9 Å². The molecule has 3 rings (SSSR count). The highest BCUT2D eigenvalue weighted by molar-refractivity contribution is 9.10. The molecule has 4 nitrogen and oxygen atoms in total. The van der Waals surface area contributed by atoms with Gasteiger partial charge in [0.25, 0.3) is 5.91 Å². The summed E-state index contributed by atoms with van der Waals surface area (Å²) >= 11 is 3.48. The number of amides is 1. The lowest BCUT2D eigenvalue weighted by Gasteiger charge is -2.30. The zero-order valence-electron chi connectivity index (χ0n) is 10.7. The molecule has 102 valence electrons. The van der Waals surface area contributed by atoms with Crippen molar-refractivity contribution in [3.05, 3.63) is 52.5 Å². The first-order valence-corrected chi connectivity index (χ1v) is 7.01. The minimum absolute atomic E-state index is 0.0569. The van der Waals surface area contributed by atoms with E-state index in [4.69, 9.17) is 10.5 Å². The molecule has 0 aromatic heterocycles. The number of hydrogen-bond donors (Lipinski definition) is 1. The number of para-hydroxylation sites is 2. The minimum atomic E-state index is -0.0705. The van der Waals surface area contributed by atoms with E-state index < -0.39 is 0 Å². The van der Waals surface area contributed by atoms with Crippen LogP contribution in [0.25, 0.3) is 0 Å². The molecule has 0 radical (unpaired) electrons. The Hall–Kier alpha value is -2.01. The van der Waals surface area contributed by atoms with Crippen LogP contribution in [0.2, 0.25) is 0 Å². The second kappa shape index (κ2) is 5.17. The summed E-state index contributed by atoms with van der Waals surface area (Å²) in [6.07, 6.45) is 0. The highest BCUT2D eigenvalue weighted by atomic mass is 79.9. The van der Waals surface area contributed by atoms with Crippen LogP contribution in [0.1, 0.15) is 5.56 Å². The molecule has 0 fully saturated rings. The first kappa shape index (κ1) is 13.0. The molecule has 0 spiro atoms. The summed E-state index contributed by atoms with van der Waals surface area (Å²) in [6, 6.07) is 13.1. The zero-order valence-corrected chi connectivity index (χ0v) is 12.3. The molecule has 0 bridgehead atoms. The number of rotatable bonds is 2. The molecule has 1 heterocycles. The Labute approximate surface area is 125 Å². The fourth-order valence-corrected chi connectivity index (χ4v) is 2.73. The number of nitrogen functional groups attached to an aromatic ring is 1. The number of ether oxygens (including phenoxy) is 1. The summed E-state index contributed by atoms with van der Waals surface area (Å²) in [7, 11) is 0. The van der Waals surface area contributed by atoms with E-state index in [1.54, 1.807) is 4.90 Å². The Balaban J connectivity index is 2.00. The zero-order chi connectivity index (χ0) is 14.1. The van der Waals surface area contributed by atoms with Gasteiger partial charge in [0.1, 0.15) is 5.75 Å². The summed E-state index contributed by atoms with van der Waals surface area (Å²) < 4.78 is 6.33. The molecule has 0 unspecified atom stereocenters. The Morgan fingerprint density at radius 2 is 2.00 bits per heavy atom. The first-order chi connectivity index (χ1) is 9.66. The molecule has 1 aliphatic heterocycles. The number of nitrogens with two attached hydrogens (primary N) is 1. The van der Waals surface area contributed by atoms with Crippen LogP contribution in [-0.2, 0) is 11.3 Å². The van der Waals surface area contributed by atoms with Crippen LogP contribution in [0.3, 0.4) is 0 Å². The van der Waals surface area contributed by atoms with E-state index >= 15 is 0 Å². The lowest BCUT2D eigenvalue weighted by molar-refractivity contribution is -0.121. The largest absolute Gasteiger partial charge is 0.482 e. The van der Waals surface area contributed by atoms with Crippen molar-refractivity contribution >= 4 is 33.2 Å². The number of carbonyl (C=O) groups is 1. The van der Waals surface area contributed by atoms with E-state index in [2.05, 4.69) is 15.9 Å². The maximum Gasteiger partial charge on any atom is 0.265 e. The second-order valence-electron chi connectivity index (χ2n) is 4.54. The Morgan fingerprint density at radius 3 is 2.80 bits per heavy atom. The third-order valence-electron chi connectivity index (χ3n) is 3.28. The molecular formula is C15H13BrN2O2. The maximum absolute atomic E-state index is 12.1. The van der Waals surface area contributed by atoms with E-state index in [1.807, 2.05) is 42.5 Å². The monoisotopic (exact) mass is 332 g/mol. The molecular weight excluding hydrogens is 320 g/mol. The van der Waals surface area contributed by atoms with Gasteiger partial charge >= 0.3 is 0 Å². The van der Waals surface area contributed by atoms with Gasteiger partial charge in [-0.15, -0.1) is 0 Å². The van der Waals surface area contributed by atoms with E-state index in [0.29, 0.717) is 12.2 Å². The van der Waals surface area contributed by atoms with Crippen LogP contribution in [0, 0.1) is 0 Å². The maximum atomic E-state index is 12.1.